The molecule has 33 heavy (non-hydrogen) atoms. The van der Waals surface area contributed by atoms with Crippen LogP contribution in [0.1, 0.15) is 10.4 Å². The summed E-state index contributed by atoms with van der Waals surface area (Å²) in [5.74, 6) is -0.201. The molecule has 0 atom stereocenters. The number of nitrogens with zero attached hydrogens (tertiary/aromatic N) is 2. The fourth-order valence-electron chi connectivity index (χ4n) is 3.74. The Balaban J connectivity index is 1.41. The van der Waals surface area contributed by atoms with Crippen LogP contribution in [0.5, 0.6) is 0 Å². The van der Waals surface area contributed by atoms with E-state index in [-0.39, 0.29) is 18.4 Å². The number of aromatic nitrogens is 1. The summed E-state index contributed by atoms with van der Waals surface area (Å²) in [6.45, 7) is 0.717. The molecule has 5 nitrogen and oxygen atoms in total. The number of nitrogens with one attached hydrogen (secondary N) is 1. The molecule has 1 saturated heterocycles. The fourth-order valence-corrected chi connectivity index (χ4v) is 5.67. The van der Waals surface area contributed by atoms with Gasteiger partial charge in [0.25, 0.3) is 5.91 Å². The van der Waals surface area contributed by atoms with Crippen molar-refractivity contribution in [1.29, 1.82) is 0 Å². The van der Waals surface area contributed by atoms with E-state index in [1.54, 1.807) is 16.2 Å². The third-order valence-corrected chi connectivity index (χ3v) is 7.45. The lowest BCUT2D eigenvalue weighted by Gasteiger charge is -2.13. The molecule has 8 heteroatoms. The predicted octanol–water partition coefficient (Wildman–Crippen LogP) is 5.43. The van der Waals surface area contributed by atoms with Crippen LogP contribution in [0.25, 0.3) is 17.0 Å². The molecule has 1 N–H and O–H groups in total. The standard InChI is InChI=1S/C25H19N3O2S3/c29-23(26-14-19-9-6-12-32-19)16-27-15-17(20-10-4-5-11-21(20)27)13-22-24(30)28(25(31)33-22)18-7-2-1-3-8-18/h1-13,15H,14,16H2,(H,26,29)/b22-13-. The van der Waals surface area contributed by atoms with Crippen molar-refractivity contribution < 1.29 is 9.59 Å². The predicted molar refractivity (Wildman–Crippen MR) is 140 cm³/mol. The van der Waals surface area contributed by atoms with Gasteiger partial charge in [0.1, 0.15) is 6.54 Å². The van der Waals surface area contributed by atoms with Gasteiger partial charge in [-0.05, 0) is 35.7 Å². The summed E-state index contributed by atoms with van der Waals surface area (Å²) in [5.41, 5.74) is 2.58. The second kappa shape index (κ2) is 9.35. The van der Waals surface area contributed by atoms with E-state index in [9.17, 15) is 9.59 Å². The molecule has 2 amide bonds. The number of amides is 2. The van der Waals surface area contributed by atoms with Crippen molar-refractivity contribution in [3.8, 4) is 0 Å². The van der Waals surface area contributed by atoms with Crippen LogP contribution in [0.2, 0.25) is 0 Å². The quantitative estimate of drug-likeness (QED) is 0.290. The van der Waals surface area contributed by atoms with Crippen molar-refractivity contribution in [3.63, 3.8) is 0 Å². The van der Waals surface area contributed by atoms with Crippen molar-refractivity contribution in [3.05, 3.63) is 93.7 Å². The monoisotopic (exact) mass is 489 g/mol. The van der Waals surface area contributed by atoms with Gasteiger partial charge >= 0.3 is 0 Å². The van der Waals surface area contributed by atoms with E-state index >= 15 is 0 Å². The van der Waals surface area contributed by atoms with Crippen molar-refractivity contribution in [2.24, 2.45) is 0 Å². The molecule has 1 aliphatic heterocycles. The van der Waals surface area contributed by atoms with Crippen LogP contribution >= 0.6 is 35.3 Å². The third kappa shape index (κ3) is 4.50. The van der Waals surface area contributed by atoms with Gasteiger partial charge in [-0.2, -0.15) is 0 Å². The first-order chi connectivity index (χ1) is 16.1. The van der Waals surface area contributed by atoms with E-state index in [1.165, 1.54) is 11.8 Å². The van der Waals surface area contributed by atoms with E-state index in [4.69, 9.17) is 12.2 Å². The molecule has 2 aromatic carbocycles. The zero-order valence-corrected chi connectivity index (χ0v) is 19.9. The molecule has 3 heterocycles. The van der Waals surface area contributed by atoms with Crippen molar-refractivity contribution in [2.45, 2.75) is 13.1 Å². The van der Waals surface area contributed by atoms with Gasteiger partial charge in [0, 0.05) is 27.5 Å². The van der Waals surface area contributed by atoms with E-state index in [0.717, 1.165) is 27.0 Å². The Labute approximate surface area is 204 Å². The van der Waals surface area contributed by atoms with Crippen LogP contribution in [-0.4, -0.2) is 20.7 Å². The van der Waals surface area contributed by atoms with Gasteiger partial charge in [0.05, 0.1) is 17.1 Å². The Kier molecular flexibility index (Phi) is 6.13. The molecule has 0 spiro atoms. The summed E-state index contributed by atoms with van der Waals surface area (Å²) < 4.78 is 2.43. The molecule has 2 aromatic heterocycles. The number of rotatable bonds is 6. The number of para-hydroxylation sites is 2. The topological polar surface area (TPSA) is 54.3 Å². The maximum Gasteiger partial charge on any atom is 0.270 e. The van der Waals surface area contributed by atoms with E-state index < -0.39 is 0 Å². The zero-order chi connectivity index (χ0) is 22.8. The molecule has 0 unspecified atom stereocenters. The van der Waals surface area contributed by atoms with Gasteiger partial charge in [0.2, 0.25) is 5.91 Å². The molecular formula is C25H19N3O2S3. The molecule has 0 bridgehead atoms. The number of carbonyl (C=O) groups excluding carboxylic acids is 2. The molecule has 4 aromatic rings. The second-order valence-corrected chi connectivity index (χ2v) is 10.1. The Bertz CT molecular complexity index is 1370. The maximum atomic E-state index is 13.1. The van der Waals surface area contributed by atoms with E-state index in [2.05, 4.69) is 5.32 Å². The highest BCUT2D eigenvalue weighted by molar-refractivity contribution is 8.27. The Morgan fingerprint density at radius 3 is 2.61 bits per heavy atom. The molecule has 0 radical (unpaired) electrons. The molecule has 5 rings (SSSR count). The van der Waals surface area contributed by atoms with E-state index in [1.807, 2.05) is 89.0 Å². The molecule has 164 valence electrons. The SMILES string of the molecule is O=C(Cn1cc(/C=C2\SC(=S)N(c3ccccc3)C2=O)c2ccccc21)NCc1cccs1. The lowest BCUT2D eigenvalue weighted by atomic mass is 10.1. The van der Waals surface area contributed by atoms with Crippen molar-refractivity contribution in [1.82, 2.24) is 9.88 Å². The average Bonchev–Trinajstić information content (AvgIpc) is 3.53. The number of anilines is 1. The van der Waals surface area contributed by atoms with Crippen LogP contribution in [0.15, 0.2) is 83.2 Å². The van der Waals surface area contributed by atoms with Crippen LogP contribution in [0, 0.1) is 0 Å². The fraction of sp³-hybridized carbons (Fsp3) is 0.0800. The van der Waals surface area contributed by atoms with E-state index in [0.29, 0.717) is 15.8 Å². The van der Waals surface area contributed by atoms with Gasteiger partial charge in [-0.1, -0.05) is 66.4 Å². The van der Waals surface area contributed by atoms with Gasteiger partial charge in [0.15, 0.2) is 4.32 Å². The highest BCUT2D eigenvalue weighted by Gasteiger charge is 2.33. The van der Waals surface area contributed by atoms with Crippen molar-refractivity contribution >= 4 is 74.1 Å². The highest BCUT2D eigenvalue weighted by atomic mass is 32.2. The largest absolute Gasteiger partial charge is 0.350 e. The number of thiocarbonyl (C=S) groups is 1. The van der Waals surface area contributed by atoms with Gasteiger partial charge < -0.3 is 9.88 Å². The normalized spacial score (nSPS) is 15.0. The number of thioether (sulfide) groups is 1. The summed E-state index contributed by atoms with van der Waals surface area (Å²) in [4.78, 5) is 28.9. The second-order valence-electron chi connectivity index (χ2n) is 7.44. The van der Waals surface area contributed by atoms with Crippen LogP contribution in [0.4, 0.5) is 5.69 Å². The Morgan fingerprint density at radius 2 is 1.82 bits per heavy atom. The lowest BCUT2D eigenvalue weighted by Crippen LogP contribution is -2.27. The Morgan fingerprint density at radius 1 is 1.03 bits per heavy atom. The molecule has 1 fully saturated rings. The molecular weight excluding hydrogens is 470 g/mol. The summed E-state index contributed by atoms with van der Waals surface area (Å²) in [5, 5.41) is 5.94. The van der Waals surface area contributed by atoms with Crippen LogP contribution in [-0.2, 0) is 22.7 Å². The molecule has 1 aliphatic rings. The number of fused-ring (bicyclic) bond motifs is 1. The molecule has 0 aliphatic carbocycles. The summed E-state index contributed by atoms with van der Waals surface area (Å²) in [6, 6.07) is 21.3. The van der Waals surface area contributed by atoms with Crippen LogP contribution in [0.3, 0.4) is 0 Å². The number of hydrogen-bond acceptors (Lipinski definition) is 5. The first-order valence-corrected chi connectivity index (χ1v) is 12.4. The average molecular weight is 490 g/mol. The number of hydrogen-bond donors (Lipinski definition) is 1. The summed E-state index contributed by atoms with van der Waals surface area (Å²) >= 11 is 8.39. The smallest absolute Gasteiger partial charge is 0.270 e. The summed E-state index contributed by atoms with van der Waals surface area (Å²) in [6.07, 6.45) is 3.79. The number of carbonyl (C=O) groups is 2. The van der Waals surface area contributed by atoms with Crippen LogP contribution < -0.4 is 10.2 Å². The zero-order valence-electron chi connectivity index (χ0n) is 17.4. The minimum absolute atomic E-state index is 0.0638. The number of thiophene rings is 1. The first kappa shape index (κ1) is 21.6. The minimum atomic E-state index is -0.137. The van der Waals surface area contributed by atoms with Gasteiger partial charge in [-0.25, -0.2) is 0 Å². The first-order valence-electron chi connectivity index (χ1n) is 10.3. The van der Waals surface area contributed by atoms with Crippen molar-refractivity contribution in [2.75, 3.05) is 4.90 Å². The number of benzene rings is 2. The lowest BCUT2D eigenvalue weighted by molar-refractivity contribution is -0.121. The molecule has 0 saturated carbocycles. The maximum absolute atomic E-state index is 13.1. The van der Waals surface area contributed by atoms with Gasteiger partial charge in [-0.15, -0.1) is 11.3 Å². The Hall–Kier alpha value is -3.20. The third-order valence-electron chi connectivity index (χ3n) is 5.27. The highest BCUT2D eigenvalue weighted by Crippen LogP contribution is 2.37. The summed E-state index contributed by atoms with van der Waals surface area (Å²) in [7, 11) is 0. The van der Waals surface area contributed by atoms with Gasteiger partial charge in [-0.3, -0.25) is 14.5 Å². The minimum Gasteiger partial charge on any atom is -0.350 e.